The third kappa shape index (κ3) is 7.32. The smallest absolute Gasteiger partial charge is 0.408 e. The molecule has 1 aliphatic carbocycles. The van der Waals surface area contributed by atoms with Crippen LogP contribution in [-0.4, -0.2) is 84.4 Å². The molecule has 3 unspecified atom stereocenters. The van der Waals surface area contributed by atoms with Gasteiger partial charge in [-0.15, -0.1) is 0 Å². The second-order valence-electron chi connectivity index (χ2n) is 11.3. The summed E-state index contributed by atoms with van der Waals surface area (Å²) in [4.78, 5) is 53.4. The van der Waals surface area contributed by atoms with Crippen molar-refractivity contribution in [2.75, 3.05) is 26.8 Å². The predicted molar refractivity (Wildman–Crippen MR) is 133 cm³/mol. The Labute approximate surface area is 213 Å². The van der Waals surface area contributed by atoms with Gasteiger partial charge in [-0.25, -0.2) is 9.59 Å². The highest BCUT2D eigenvalue weighted by Crippen LogP contribution is 2.64. The van der Waals surface area contributed by atoms with E-state index in [1.165, 1.54) is 12.0 Å². The van der Waals surface area contributed by atoms with Crippen molar-refractivity contribution in [3.63, 3.8) is 0 Å². The average molecular weight is 513 g/mol. The molecule has 11 nitrogen and oxygen atoms in total. The maximum absolute atomic E-state index is 13.6. The summed E-state index contributed by atoms with van der Waals surface area (Å²) in [5.74, 6) is -1.30. The lowest BCUT2D eigenvalue weighted by Crippen LogP contribution is -2.57. The van der Waals surface area contributed by atoms with Crippen LogP contribution < -0.4 is 16.4 Å². The van der Waals surface area contributed by atoms with Gasteiger partial charge in [0.2, 0.25) is 11.8 Å². The lowest BCUT2D eigenvalue weighted by atomic mass is 9.98. The van der Waals surface area contributed by atoms with E-state index >= 15 is 0 Å². The Bertz CT molecular complexity index is 811. The van der Waals surface area contributed by atoms with Gasteiger partial charge >= 0.3 is 12.1 Å². The number of esters is 1. The van der Waals surface area contributed by atoms with E-state index in [1.807, 2.05) is 0 Å². The van der Waals surface area contributed by atoms with Crippen LogP contribution in [0.15, 0.2) is 0 Å². The van der Waals surface area contributed by atoms with Crippen LogP contribution in [0.1, 0.15) is 66.7 Å². The first-order chi connectivity index (χ1) is 16.8. The SMILES string of the molecule is COC(=O)C(CCCCN)NC(=O)[C@@H]1C2C(CN1C(=O)[C@H](CCCO)NC(=O)OC(C)(C)C)C2(C)C. The number of aliphatic hydroxyl groups excluding tert-OH is 1. The molecule has 1 aliphatic heterocycles. The maximum Gasteiger partial charge on any atom is 0.408 e. The van der Waals surface area contributed by atoms with Gasteiger partial charge in [0.15, 0.2) is 0 Å². The third-order valence-corrected chi connectivity index (χ3v) is 7.15. The Kier molecular flexibility index (Phi) is 10.1. The largest absolute Gasteiger partial charge is 0.467 e. The number of aliphatic hydroxyl groups is 1. The van der Waals surface area contributed by atoms with Gasteiger partial charge in [0.1, 0.15) is 23.7 Å². The number of likely N-dealkylation sites (tertiary alicyclic amines) is 1. The number of unbranched alkanes of at least 4 members (excludes halogenated alkanes) is 1. The molecule has 5 atom stereocenters. The zero-order valence-corrected chi connectivity index (χ0v) is 22.5. The summed E-state index contributed by atoms with van der Waals surface area (Å²) in [7, 11) is 1.27. The number of carbonyl (C=O) groups excluding carboxylic acids is 4. The van der Waals surface area contributed by atoms with E-state index in [1.54, 1.807) is 20.8 Å². The monoisotopic (exact) mass is 512 g/mol. The fraction of sp³-hybridized carbons (Fsp3) is 0.840. The van der Waals surface area contributed by atoms with Crippen LogP contribution in [-0.2, 0) is 23.9 Å². The minimum absolute atomic E-state index is 0.0659. The highest BCUT2D eigenvalue weighted by molar-refractivity contribution is 5.94. The number of carbonyl (C=O) groups is 4. The van der Waals surface area contributed by atoms with E-state index in [2.05, 4.69) is 24.5 Å². The summed E-state index contributed by atoms with van der Waals surface area (Å²) in [5, 5.41) is 14.7. The second kappa shape index (κ2) is 12.2. The molecule has 2 rings (SSSR count). The number of alkyl carbamates (subject to hydrolysis) is 1. The lowest BCUT2D eigenvalue weighted by molar-refractivity contribution is -0.147. The number of nitrogens with one attached hydrogen (secondary N) is 2. The Morgan fingerprint density at radius 2 is 1.72 bits per heavy atom. The van der Waals surface area contributed by atoms with E-state index < -0.39 is 47.6 Å². The van der Waals surface area contributed by atoms with Crippen LogP contribution in [0.2, 0.25) is 0 Å². The van der Waals surface area contributed by atoms with E-state index in [4.69, 9.17) is 15.2 Å². The first-order valence-corrected chi connectivity index (χ1v) is 12.8. The number of nitrogens with two attached hydrogens (primary N) is 1. The van der Waals surface area contributed by atoms with Crippen LogP contribution in [0.4, 0.5) is 4.79 Å². The molecule has 0 aromatic carbocycles. The summed E-state index contributed by atoms with van der Waals surface area (Å²) in [6.45, 7) is 9.99. The molecule has 3 amide bonds. The molecular formula is C25H44N4O7. The number of fused-ring (bicyclic) bond motifs is 1. The van der Waals surface area contributed by atoms with Gasteiger partial charge in [0, 0.05) is 13.2 Å². The van der Waals surface area contributed by atoms with Crippen molar-refractivity contribution in [1.29, 1.82) is 0 Å². The van der Waals surface area contributed by atoms with Crippen LogP contribution in [0.3, 0.4) is 0 Å². The molecule has 36 heavy (non-hydrogen) atoms. The number of hydrogen-bond donors (Lipinski definition) is 4. The van der Waals surface area contributed by atoms with Crippen molar-refractivity contribution in [2.45, 2.75) is 90.4 Å². The van der Waals surface area contributed by atoms with Crippen LogP contribution >= 0.6 is 0 Å². The molecule has 206 valence electrons. The van der Waals surface area contributed by atoms with Gasteiger partial charge < -0.3 is 35.8 Å². The van der Waals surface area contributed by atoms with Gasteiger partial charge in [0.05, 0.1) is 7.11 Å². The lowest BCUT2D eigenvalue weighted by Gasteiger charge is -2.34. The number of amides is 3. The van der Waals surface area contributed by atoms with Crippen molar-refractivity contribution in [2.24, 2.45) is 23.0 Å². The van der Waals surface area contributed by atoms with Gasteiger partial charge in [-0.2, -0.15) is 0 Å². The molecule has 1 heterocycles. The van der Waals surface area contributed by atoms with Crippen molar-refractivity contribution in [3.8, 4) is 0 Å². The molecule has 2 fully saturated rings. The topological polar surface area (TPSA) is 160 Å². The molecule has 0 spiro atoms. The van der Waals surface area contributed by atoms with Gasteiger partial charge in [-0.05, 0) is 76.7 Å². The molecular weight excluding hydrogens is 468 g/mol. The number of piperidine rings is 1. The van der Waals surface area contributed by atoms with Gasteiger partial charge in [0.25, 0.3) is 0 Å². The minimum atomic E-state index is -0.955. The summed E-state index contributed by atoms with van der Waals surface area (Å²) >= 11 is 0. The minimum Gasteiger partial charge on any atom is -0.467 e. The van der Waals surface area contributed by atoms with Crippen molar-refractivity contribution in [3.05, 3.63) is 0 Å². The molecule has 0 bridgehead atoms. The van der Waals surface area contributed by atoms with E-state index in [0.29, 0.717) is 38.8 Å². The fourth-order valence-corrected chi connectivity index (χ4v) is 5.16. The number of hydrogen-bond acceptors (Lipinski definition) is 8. The summed E-state index contributed by atoms with van der Waals surface area (Å²) in [6.07, 6.45) is 1.48. The summed E-state index contributed by atoms with van der Waals surface area (Å²) in [6, 6.07) is -2.57. The van der Waals surface area contributed by atoms with Crippen LogP contribution in [0.5, 0.6) is 0 Å². The Hall–Kier alpha value is -2.40. The first kappa shape index (κ1) is 29.8. The molecule has 0 aromatic rings. The average Bonchev–Trinajstić information content (AvgIpc) is 3.12. The standard InChI is InChI=1S/C25H44N4O7/c1-24(2,3)36-23(34)28-16(11-9-13-30)21(32)29-14-15-18(25(15,4)5)19(29)20(31)27-17(22(33)35-6)10-7-8-12-26/h15-19,30H,7-14,26H2,1-6H3,(H,27,31)(H,28,34)/t15?,16-,17?,18?,19-/m0/s1. The highest BCUT2D eigenvalue weighted by Gasteiger charge is 2.69. The van der Waals surface area contributed by atoms with E-state index in [9.17, 15) is 24.3 Å². The second-order valence-corrected chi connectivity index (χ2v) is 11.3. The quantitative estimate of drug-likeness (QED) is 0.222. The maximum atomic E-state index is 13.6. The molecule has 11 heteroatoms. The third-order valence-electron chi connectivity index (χ3n) is 7.15. The molecule has 0 radical (unpaired) electrons. The van der Waals surface area contributed by atoms with Gasteiger partial charge in [-0.3, -0.25) is 9.59 Å². The number of ether oxygens (including phenoxy) is 2. The van der Waals surface area contributed by atoms with Crippen LogP contribution in [0.25, 0.3) is 0 Å². The highest BCUT2D eigenvalue weighted by atomic mass is 16.6. The summed E-state index contributed by atoms with van der Waals surface area (Å²) < 4.78 is 10.2. The molecule has 1 saturated carbocycles. The first-order valence-electron chi connectivity index (χ1n) is 12.8. The molecule has 2 aliphatic rings. The van der Waals surface area contributed by atoms with Crippen molar-refractivity contribution in [1.82, 2.24) is 15.5 Å². The van der Waals surface area contributed by atoms with Crippen molar-refractivity contribution < 1.29 is 33.8 Å². The summed E-state index contributed by atoms with van der Waals surface area (Å²) in [5.41, 5.74) is 4.68. The van der Waals surface area contributed by atoms with Crippen LogP contribution in [0, 0.1) is 17.3 Å². The van der Waals surface area contributed by atoms with E-state index in [-0.39, 0.29) is 30.3 Å². The zero-order chi connectivity index (χ0) is 27.3. The normalized spacial score (nSPS) is 23.8. The molecule has 0 aromatic heterocycles. The van der Waals surface area contributed by atoms with E-state index in [0.717, 1.165) is 0 Å². The van der Waals surface area contributed by atoms with Gasteiger partial charge in [-0.1, -0.05) is 13.8 Å². The Morgan fingerprint density at radius 3 is 2.28 bits per heavy atom. The Balaban J connectivity index is 2.22. The van der Waals surface area contributed by atoms with Crippen molar-refractivity contribution >= 4 is 23.9 Å². The number of methoxy groups -OCH3 is 1. The fourth-order valence-electron chi connectivity index (χ4n) is 5.16. The molecule has 1 saturated heterocycles. The number of nitrogens with zero attached hydrogens (tertiary/aromatic N) is 1. The predicted octanol–water partition coefficient (Wildman–Crippen LogP) is 0.922. The number of rotatable bonds is 12. The zero-order valence-electron chi connectivity index (χ0n) is 22.5. The molecule has 5 N–H and O–H groups in total. The Morgan fingerprint density at radius 1 is 1.08 bits per heavy atom.